The normalized spacial score (nSPS) is 19.9. The van der Waals surface area contributed by atoms with Crippen molar-refractivity contribution in [2.24, 2.45) is 0 Å². The van der Waals surface area contributed by atoms with Gasteiger partial charge in [0.1, 0.15) is 11.4 Å². The van der Waals surface area contributed by atoms with Crippen LogP contribution in [0.2, 0.25) is 0 Å². The van der Waals surface area contributed by atoms with Gasteiger partial charge < -0.3 is 9.64 Å². The van der Waals surface area contributed by atoms with E-state index in [4.69, 9.17) is 4.74 Å². The molecule has 1 aliphatic heterocycles. The van der Waals surface area contributed by atoms with Gasteiger partial charge in [-0.3, -0.25) is 14.9 Å². The Morgan fingerprint density at radius 3 is 2.41 bits per heavy atom. The number of fused-ring (bicyclic) bond motifs is 1. The number of nitrogens with zero attached hydrogens (tertiary/aromatic N) is 1. The van der Waals surface area contributed by atoms with Crippen molar-refractivity contribution in [1.82, 2.24) is 10.2 Å². The van der Waals surface area contributed by atoms with E-state index >= 15 is 0 Å². The van der Waals surface area contributed by atoms with Crippen molar-refractivity contribution in [1.29, 1.82) is 0 Å². The largest absolute Gasteiger partial charge is 0.450 e. The monoisotopic (exact) mass is 300 g/mol. The molecule has 114 valence electrons. The predicted octanol–water partition coefficient (Wildman–Crippen LogP) is 1.73. The highest BCUT2D eigenvalue weighted by Crippen LogP contribution is 2.33. The van der Waals surface area contributed by atoms with Crippen molar-refractivity contribution >= 4 is 17.7 Å². The minimum Gasteiger partial charge on any atom is -0.450 e. The van der Waals surface area contributed by atoms with Crippen molar-refractivity contribution < 1.29 is 19.1 Å². The Morgan fingerprint density at radius 1 is 1.27 bits per heavy atom. The summed E-state index contributed by atoms with van der Waals surface area (Å²) in [5, 5.41) is 2.44. The maximum absolute atomic E-state index is 12.7. The summed E-state index contributed by atoms with van der Waals surface area (Å²) >= 11 is 0. The highest BCUT2D eigenvalue weighted by molar-refractivity contribution is 6.27. The Kier molecular flexibility index (Phi) is 3.44. The van der Waals surface area contributed by atoms with Gasteiger partial charge in [-0.1, -0.05) is 24.3 Å². The molecule has 1 aliphatic carbocycles. The molecular formula is C16H16N2O4. The summed E-state index contributed by atoms with van der Waals surface area (Å²) in [6, 6.07) is 6.81. The highest BCUT2D eigenvalue weighted by Gasteiger charge is 2.42. The van der Waals surface area contributed by atoms with Crippen LogP contribution >= 0.6 is 0 Å². The van der Waals surface area contributed by atoms with E-state index in [9.17, 15) is 14.4 Å². The first-order chi connectivity index (χ1) is 10.5. The lowest BCUT2D eigenvalue weighted by Crippen LogP contribution is -2.36. The number of carbonyl (C=O) groups excluding carboxylic acids is 3. The molecule has 1 aromatic carbocycles. The van der Waals surface area contributed by atoms with Crippen molar-refractivity contribution in [3.63, 3.8) is 0 Å². The molecule has 1 unspecified atom stereocenters. The van der Waals surface area contributed by atoms with Gasteiger partial charge in [-0.05, 0) is 13.8 Å². The molecule has 3 rings (SSSR count). The number of ketones is 2. The Hall–Kier alpha value is -2.63. The van der Waals surface area contributed by atoms with Gasteiger partial charge in [0.15, 0.2) is 0 Å². The van der Waals surface area contributed by atoms with Crippen LogP contribution in [0, 0.1) is 0 Å². The quantitative estimate of drug-likeness (QED) is 0.860. The van der Waals surface area contributed by atoms with Crippen molar-refractivity contribution in [2.45, 2.75) is 19.9 Å². The number of benzene rings is 1. The summed E-state index contributed by atoms with van der Waals surface area (Å²) in [5.74, 6) is -0.608. The zero-order valence-corrected chi connectivity index (χ0v) is 12.4. The van der Waals surface area contributed by atoms with Gasteiger partial charge in [0.05, 0.1) is 6.61 Å². The fraction of sp³-hybridized carbons (Fsp3) is 0.312. The summed E-state index contributed by atoms with van der Waals surface area (Å²) in [5.41, 5.74) is 0.935. The second-order valence-corrected chi connectivity index (χ2v) is 5.27. The molecule has 0 radical (unpaired) electrons. The van der Waals surface area contributed by atoms with E-state index < -0.39 is 6.09 Å². The summed E-state index contributed by atoms with van der Waals surface area (Å²) < 4.78 is 4.83. The van der Waals surface area contributed by atoms with Crippen LogP contribution in [0.25, 0.3) is 0 Å². The van der Waals surface area contributed by atoms with Crippen LogP contribution in [0.4, 0.5) is 4.79 Å². The molecular weight excluding hydrogens is 284 g/mol. The number of rotatable bonds is 3. The summed E-state index contributed by atoms with van der Waals surface area (Å²) in [4.78, 5) is 38.8. The summed E-state index contributed by atoms with van der Waals surface area (Å²) in [6.45, 7) is 4.50. The van der Waals surface area contributed by atoms with Gasteiger partial charge in [0.2, 0.25) is 11.6 Å². The number of alkyl carbamates (subject to hydrolysis) is 1. The van der Waals surface area contributed by atoms with Crippen LogP contribution in [0.1, 0.15) is 34.6 Å². The van der Waals surface area contributed by atoms with Crippen LogP contribution in [-0.4, -0.2) is 41.8 Å². The second kappa shape index (κ2) is 5.29. The van der Waals surface area contributed by atoms with Crippen LogP contribution in [0.15, 0.2) is 35.7 Å². The average molecular weight is 300 g/mol. The molecule has 0 aromatic heterocycles. The lowest BCUT2D eigenvalue weighted by Gasteiger charge is -2.22. The number of Topliss-reactive ketones (excluding diaryl/α,β-unsaturated/α-hetero) is 2. The molecule has 1 fully saturated rings. The first-order valence-corrected chi connectivity index (χ1v) is 7.17. The lowest BCUT2D eigenvalue weighted by molar-refractivity contribution is 0.0949. The highest BCUT2D eigenvalue weighted by atomic mass is 16.5. The van der Waals surface area contributed by atoms with Gasteiger partial charge in [-0.2, -0.15) is 0 Å². The molecule has 1 heterocycles. The topological polar surface area (TPSA) is 75.5 Å². The molecule has 1 saturated heterocycles. The van der Waals surface area contributed by atoms with Crippen molar-refractivity contribution in [2.75, 3.05) is 13.2 Å². The number of nitrogens with one attached hydrogen (secondary N) is 1. The van der Waals surface area contributed by atoms with Gasteiger partial charge in [-0.15, -0.1) is 0 Å². The molecule has 0 bridgehead atoms. The maximum Gasteiger partial charge on any atom is 0.411 e. The number of ether oxygens (including phenoxy) is 1. The fourth-order valence-corrected chi connectivity index (χ4v) is 2.57. The maximum atomic E-state index is 12.7. The summed E-state index contributed by atoms with van der Waals surface area (Å²) in [6.07, 6.45) is -0.731. The van der Waals surface area contributed by atoms with E-state index in [0.717, 1.165) is 0 Å². The standard InChI is InChI=1S/C16H16N2O4/c1-3-22-16(21)17-12-13(18-8-9(18)2)15(20)11-7-5-4-6-10(11)14(12)19/h4-7,9H,3,8H2,1-2H3,(H,17,21). The molecule has 0 saturated carbocycles. The molecule has 1 N–H and O–H groups in total. The van der Waals surface area contributed by atoms with Crippen LogP contribution < -0.4 is 5.32 Å². The molecule has 1 aromatic rings. The first-order valence-electron chi connectivity index (χ1n) is 7.17. The van der Waals surface area contributed by atoms with Crippen molar-refractivity contribution in [3.8, 4) is 0 Å². The number of carbonyl (C=O) groups is 3. The van der Waals surface area contributed by atoms with E-state index in [2.05, 4.69) is 5.32 Å². The molecule has 2 aliphatic rings. The molecule has 22 heavy (non-hydrogen) atoms. The SMILES string of the molecule is CCOC(=O)NC1=C(N2CC2C)C(=O)c2ccccc2C1=O. The Labute approximate surface area is 127 Å². The third-order valence-electron chi connectivity index (χ3n) is 3.74. The predicted molar refractivity (Wildman–Crippen MR) is 78.5 cm³/mol. The number of hydrogen-bond acceptors (Lipinski definition) is 5. The van der Waals surface area contributed by atoms with Gasteiger partial charge in [-0.25, -0.2) is 4.79 Å². The van der Waals surface area contributed by atoms with Gasteiger partial charge in [0.25, 0.3) is 0 Å². The molecule has 6 nitrogen and oxygen atoms in total. The Bertz CT molecular complexity index is 708. The zero-order chi connectivity index (χ0) is 15.9. The minimum atomic E-state index is -0.731. The average Bonchev–Trinajstić information content (AvgIpc) is 3.21. The van der Waals surface area contributed by atoms with Crippen LogP contribution in [0.5, 0.6) is 0 Å². The number of allylic oxidation sites excluding steroid dienone is 2. The van der Waals surface area contributed by atoms with E-state index in [1.807, 2.05) is 6.92 Å². The minimum absolute atomic E-state index is 0.00602. The third-order valence-corrected chi connectivity index (χ3v) is 3.74. The van der Waals surface area contributed by atoms with E-state index in [1.165, 1.54) is 0 Å². The zero-order valence-electron chi connectivity index (χ0n) is 12.4. The third kappa shape index (κ3) is 2.26. The smallest absolute Gasteiger partial charge is 0.411 e. The number of amides is 1. The van der Waals surface area contributed by atoms with E-state index in [0.29, 0.717) is 17.7 Å². The van der Waals surface area contributed by atoms with Gasteiger partial charge >= 0.3 is 6.09 Å². The van der Waals surface area contributed by atoms with Gasteiger partial charge in [0, 0.05) is 23.7 Å². The van der Waals surface area contributed by atoms with E-state index in [1.54, 1.807) is 36.1 Å². The van der Waals surface area contributed by atoms with Crippen molar-refractivity contribution in [3.05, 3.63) is 46.8 Å². The Morgan fingerprint density at radius 2 is 1.86 bits per heavy atom. The number of hydrogen-bond donors (Lipinski definition) is 1. The Balaban J connectivity index is 2.06. The first kappa shape index (κ1) is 14.3. The lowest BCUT2D eigenvalue weighted by atomic mass is 9.90. The fourth-order valence-electron chi connectivity index (χ4n) is 2.57. The summed E-state index contributed by atoms with van der Waals surface area (Å²) in [7, 11) is 0. The molecule has 6 heteroatoms. The molecule has 1 atom stereocenters. The molecule has 1 amide bonds. The van der Waals surface area contributed by atoms with E-state index in [-0.39, 0.29) is 35.6 Å². The van der Waals surface area contributed by atoms with Crippen LogP contribution in [0.3, 0.4) is 0 Å². The molecule has 0 spiro atoms. The van der Waals surface area contributed by atoms with Crippen LogP contribution in [-0.2, 0) is 4.74 Å². The second-order valence-electron chi connectivity index (χ2n) is 5.27.